The Morgan fingerprint density at radius 2 is 2.07 bits per heavy atom. The standard InChI is InChI=1S/C19H19F3N4OS/c1-2-12-7-8-15(28-12)14-9-16(19(20,21)22)26-17(25-14)13(10-23-26)18(27)24-11-5-3-4-6-11/h7-11H,2-6H2,1H3,(H,24,27). The summed E-state index contributed by atoms with van der Waals surface area (Å²) in [4.78, 5) is 18.7. The molecule has 3 heterocycles. The largest absolute Gasteiger partial charge is 0.433 e. The molecule has 1 saturated carbocycles. The quantitative estimate of drug-likeness (QED) is 0.680. The molecule has 0 bridgehead atoms. The van der Waals surface area contributed by atoms with Gasteiger partial charge in [0.25, 0.3) is 5.91 Å². The van der Waals surface area contributed by atoms with Crippen LogP contribution in [-0.4, -0.2) is 26.5 Å². The fourth-order valence-electron chi connectivity index (χ4n) is 3.49. The first-order chi connectivity index (χ1) is 13.4. The van der Waals surface area contributed by atoms with Crippen molar-refractivity contribution in [3.8, 4) is 10.6 Å². The molecule has 0 aliphatic heterocycles. The van der Waals surface area contributed by atoms with Crippen LogP contribution in [0.5, 0.6) is 0 Å². The van der Waals surface area contributed by atoms with Gasteiger partial charge in [-0.1, -0.05) is 19.8 Å². The molecule has 1 N–H and O–H groups in total. The summed E-state index contributed by atoms with van der Waals surface area (Å²) in [7, 11) is 0. The van der Waals surface area contributed by atoms with Gasteiger partial charge in [0.05, 0.1) is 16.8 Å². The summed E-state index contributed by atoms with van der Waals surface area (Å²) in [5.41, 5.74) is -0.767. The fourth-order valence-corrected chi connectivity index (χ4v) is 4.40. The number of aromatic nitrogens is 3. The maximum atomic E-state index is 13.6. The SMILES string of the molecule is CCc1ccc(-c2cc(C(F)(F)F)n3ncc(C(=O)NC4CCCC4)c3n2)s1. The van der Waals surface area contributed by atoms with E-state index in [1.54, 1.807) is 6.07 Å². The third kappa shape index (κ3) is 3.50. The zero-order valence-electron chi connectivity index (χ0n) is 15.2. The van der Waals surface area contributed by atoms with Gasteiger partial charge in [0.2, 0.25) is 0 Å². The van der Waals surface area contributed by atoms with Gasteiger partial charge in [-0.25, -0.2) is 9.50 Å². The van der Waals surface area contributed by atoms with E-state index >= 15 is 0 Å². The Balaban J connectivity index is 1.81. The van der Waals surface area contributed by atoms with Gasteiger partial charge in [-0.3, -0.25) is 4.79 Å². The predicted octanol–water partition coefficient (Wildman–Crippen LogP) is 4.71. The average Bonchev–Trinajstić information content (AvgIpc) is 3.39. The lowest BCUT2D eigenvalue weighted by Crippen LogP contribution is -2.32. The molecule has 1 amide bonds. The molecule has 0 atom stereocenters. The van der Waals surface area contributed by atoms with Gasteiger partial charge in [-0.05, 0) is 37.5 Å². The minimum absolute atomic E-state index is 0.0529. The smallest absolute Gasteiger partial charge is 0.349 e. The molecule has 148 valence electrons. The molecule has 1 aliphatic rings. The van der Waals surface area contributed by atoms with Gasteiger partial charge in [0, 0.05) is 10.9 Å². The van der Waals surface area contributed by atoms with Crippen molar-refractivity contribution in [3.63, 3.8) is 0 Å². The van der Waals surface area contributed by atoms with Crippen molar-refractivity contribution in [3.05, 3.63) is 40.5 Å². The van der Waals surface area contributed by atoms with Crippen LogP contribution in [0.3, 0.4) is 0 Å². The Hall–Kier alpha value is -2.42. The molecule has 0 unspecified atom stereocenters. The van der Waals surface area contributed by atoms with Gasteiger partial charge < -0.3 is 5.32 Å². The van der Waals surface area contributed by atoms with Crippen LogP contribution in [0.4, 0.5) is 13.2 Å². The van der Waals surface area contributed by atoms with Crippen LogP contribution in [0.2, 0.25) is 0 Å². The van der Waals surface area contributed by atoms with Crippen LogP contribution in [-0.2, 0) is 12.6 Å². The maximum Gasteiger partial charge on any atom is 0.433 e. The van der Waals surface area contributed by atoms with Crippen LogP contribution >= 0.6 is 11.3 Å². The highest BCUT2D eigenvalue weighted by atomic mass is 32.1. The monoisotopic (exact) mass is 408 g/mol. The molecule has 0 spiro atoms. The van der Waals surface area contributed by atoms with Crippen molar-refractivity contribution in [2.24, 2.45) is 0 Å². The molecule has 0 aromatic carbocycles. The lowest BCUT2D eigenvalue weighted by atomic mass is 10.2. The Bertz CT molecular complexity index is 1020. The van der Waals surface area contributed by atoms with Crippen molar-refractivity contribution in [2.75, 3.05) is 0 Å². The molecule has 4 rings (SSSR count). The highest BCUT2D eigenvalue weighted by Crippen LogP contribution is 2.35. The van der Waals surface area contributed by atoms with Crippen LogP contribution in [0.1, 0.15) is 53.5 Å². The summed E-state index contributed by atoms with van der Waals surface area (Å²) >= 11 is 1.40. The maximum absolute atomic E-state index is 13.6. The molecular formula is C19H19F3N4OS. The van der Waals surface area contributed by atoms with E-state index in [9.17, 15) is 18.0 Å². The summed E-state index contributed by atoms with van der Waals surface area (Å²) in [6, 6.07) is 4.68. The number of amides is 1. The summed E-state index contributed by atoms with van der Waals surface area (Å²) in [5, 5.41) is 6.71. The van der Waals surface area contributed by atoms with Gasteiger partial charge in [-0.15, -0.1) is 11.3 Å². The van der Waals surface area contributed by atoms with Crippen molar-refractivity contribution in [2.45, 2.75) is 51.2 Å². The number of carbonyl (C=O) groups is 1. The van der Waals surface area contributed by atoms with Crippen LogP contribution in [0.25, 0.3) is 16.2 Å². The highest BCUT2D eigenvalue weighted by molar-refractivity contribution is 7.15. The molecule has 28 heavy (non-hydrogen) atoms. The Morgan fingerprint density at radius 3 is 2.71 bits per heavy atom. The van der Waals surface area contributed by atoms with E-state index < -0.39 is 17.8 Å². The molecule has 1 fully saturated rings. The molecule has 0 saturated heterocycles. The number of hydrogen-bond donors (Lipinski definition) is 1. The minimum Gasteiger partial charge on any atom is -0.349 e. The number of halogens is 3. The minimum atomic E-state index is -4.62. The third-order valence-electron chi connectivity index (χ3n) is 4.96. The summed E-state index contributed by atoms with van der Waals surface area (Å²) in [6.07, 6.45) is 1.18. The van der Waals surface area contributed by atoms with Crippen LogP contribution in [0, 0.1) is 0 Å². The number of nitrogens with one attached hydrogen (secondary N) is 1. The van der Waals surface area contributed by atoms with Crippen molar-refractivity contribution >= 4 is 22.9 Å². The number of rotatable bonds is 4. The summed E-state index contributed by atoms with van der Waals surface area (Å²) in [5.74, 6) is -0.430. The third-order valence-corrected chi connectivity index (χ3v) is 6.21. The number of fused-ring (bicyclic) bond motifs is 1. The molecule has 1 aliphatic carbocycles. The predicted molar refractivity (Wildman–Crippen MR) is 100 cm³/mol. The number of carbonyl (C=O) groups excluding carboxylic acids is 1. The van der Waals surface area contributed by atoms with E-state index in [-0.39, 0.29) is 22.9 Å². The first-order valence-corrected chi connectivity index (χ1v) is 10.0. The van der Waals surface area contributed by atoms with E-state index in [2.05, 4.69) is 15.4 Å². The van der Waals surface area contributed by atoms with Gasteiger partial charge >= 0.3 is 6.18 Å². The van der Waals surface area contributed by atoms with Crippen molar-refractivity contribution in [1.82, 2.24) is 19.9 Å². The molecule has 0 radical (unpaired) electrons. The second-order valence-corrected chi connectivity index (χ2v) is 8.06. The van der Waals surface area contributed by atoms with Gasteiger partial charge in [0.15, 0.2) is 11.3 Å². The van der Waals surface area contributed by atoms with Crippen LogP contribution < -0.4 is 5.32 Å². The molecule has 5 nitrogen and oxygen atoms in total. The summed E-state index contributed by atoms with van der Waals surface area (Å²) in [6.45, 7) is 1.98. The average molecular weight is 408 g/mol. The normalized spacial score (nSPS) is 15.4. The first kappa shape index (κ1) is 18.9. The van der Waals surface area contributed by atoms with Gasteiger partial charge in [-0.2, -0.15) is 18.3 Å². The van der Waals surface area contributed by atoms with E-state index in [1.165, 1.54) is 11.3 Å². The van der Waals surface area contributed by atoms with Crippen molar-refractivity contribution in [1.29, 1.82) is 0 Å². The topological polar surface area (TPSA) is 59.3 Å². The number of thiophene rings is 1. The zero-order valence-corrected chi connectivity index (χ0v) is 16.0. The first-order valence-electron chi connectivity index (χ1n) is 9.22. The Morgan fingerprint density at radius 1 is 1.32 bits per heavy atom. The molecule has 3 aromatic rings. The lowest BCUT2D eigenvalue weighted by Gasteiger charge is -2.12. The highest BCUT2D eigenvalue weighted by Gasteiger charge is 2.36. The van der Waals surface area contributed by atoms with Crippen molar-refractivity contribution < 1.29 is 18.0 Å². The van der Waals surface area contributed by atoms with E-state index in [1.807, 2.05) is 13.0 Å². The fraction of sp³-hybridized carbons (Fsp3) is 0.421. The number of aryl methyl sites for hydroxylation is 1. The van der Waals surface area contributed by atoms with Crippen LogP contribution in [0.15, 0.2) is 24.4 Å². The molecule has 9 heteroatoms. The molecular weight excluding hydrogens is 389 g/mol. The number of alkyl halides is 3. The lowest BCUT2D eigenvalue weighted by molar-refractivity contribution is -0.142. The van der Waals surface area contributed by atoms with Gasteiger partial charge in [0.1, 0.15) is 5.56 Å². The van der Waals surface area contributed by atoms with E-state index in [0.717, 1.165) is 49.2 Å². The molecule has 3 aromatic heterocycles. The zero-order chi connectivity index (χ0) is 19.9. The Labute approximate surface area is 163 Å². The second kappa shape index (κ2) is 7.20. The second-order valence-electron chi connectivity index (χ2n) is 6.89. The van der Waals surface area contributed by atoms with E-state index in [0.29, 0.717) is 9.39 Å². The number of hydrogen-bond acceptors (Lipinski definition) is 4. The Kier molecular flexibility index (Phi) is 4.86. The summed E-state index contributed by atoms with van der Waals surface area (Å²) < 4.78 is 41.6. The van der Waals surface area contributed by atoms with E-state index in [4.69, 9.17) is 0 Å². The number of nitrogens with zero attached hydrogens (tertiary/aromatic N) is 3.